The summed E-state index contributed by atoms with van der Waals surface area (Å²) in [5.41, 5.74) is 1.64. The van der Waals surface area contributed by atoms with Crippen molar-refractivity contribution in [2.75, 3.05) is 11.9 Å². The second-order valence-electron chi connectivity index (χ2n) is 7.41. The number of carbonyl (C=O) groups is 2. The molecule has 34 heavy (non-hydrogen) atoms. The summed E-state index contributed by atoms with van der Waals surface area (Å²) in [6, 6.07) is 16.5. The molecule has 1 heterocycles. The zero-order valence-corrected chi connectivity index (χ0v) is 19.7. The summed E-state index contributed by atoms with van der Waals surface area (Å²) in [5, 5.41) is 15.6. The SMILES string of the molecule is O=C(NC(Cc1ccc(C#CCCCNc2ccccn2)cc1)C(=O)O)c1c(Cl)cccc1Cl. The summed E-state index contributed by atoms with van der Waals surface area (Å²) in [6.07, 6.45) is 3.47. The number of pyridine rings is 1. The molecule has 3 N–H and O–H groups in total. The number of aliphatic carboxylic acids is 1. The number of aromatic nitrogens is 1. The van der Waals surface area contributed by atoms with Crippen molar-refractivity contribution >= 4 is 40.9 Å². The fourth-order valence-electron chi connectivity index (χ4n) is 3.13. The van der Waals surface area contributed by atoms with E-state index in [2.05, 4.69) is 27.5 Å². The molecule has 174 valence electrons. The van der Waals surface area contributed by atoms with Gasteiger partial charge in [0, 0.05) is 31.1 Å². The van der Waals surface area contributed by atoms with Gasteiger partial charge in [-0.25, -0.2) is 9.78 Å². The highest BCUT2D eigenvalue weighted by atomic mass is 35.5. The van der Waals surface area contributed by atoms with Gasteiger partial charge in [0.2, 0.25) is 0 Å². The molecule has 6 nitrogen and oxygen atoms in total. The number of nitrogens with one attached hydrogen (secondary N) is 2. The Kier molecular flexibility index (Phi) is 9.33. The average Bonchev–Trinajstić information content (AvgIpc) is 2.82. The second kappa shape index (κ2) is 12.6. The monoisotopic (exact) mass is 495 g/mol. The number of hydrogen-bond donors (Lipinski definition) is 3. The molecule has 1 atom stereocenters. The van der Waals surface area contributed by atoms with Gasteiger partial charge >= 0.3 is 5.97 Å². The predicted molar refractivity (Wildman–Crippen MR) is 134 cm³/mol. The Labute approximate surface area is 208 Å². The van der Waals surface area contributed by atoms with Crippen LogP contribution in [0.3, 0.4) is 0 Å². The van der Waals surface area contributed by atoms with Crippen molar-refractivity contribution < 1.29 is 14.7 Å². The van der Waals surface area contributed by atoms with Crippen LogP contribution in [-0.4, -0.2) is 34.6 Å². The number of hydrogen-bond acceptors (Lipinski definition) is 4. The standard InChI is InChI=1S/C26H23Cl2N3O3/c27-20-8-6-9-21(28)24(20)25(32)31-22(26(33)34)17-19-13-11-18(12-14-19)7-2-1-4-15-29-23-10-3-5-16-30-23/h3,5-6,8-14,16,22H,1,4,15,17H2,(H,29,30)(H,31,32)(H,33,34). The van der Waals surface area contributed by atoms with Gasteiger partial charge in [-0.3, -0.25) is 4.79 Å². The fraction of sp³-hybridized carbons (Fsp3) is 0.192. The first-order chi connectivity index (χ1) is 16.4. The normalized spacial score (nSPS) is 11.1. The number of carboxylic acids is 1. The molecule has 0 aliphatic carbocycles. The van der Waals surface area contributed by atoms with E-state index in [9.17, 15) is 14.7 Å². The van der Waals surface area contributed by atoms with Gasteiger partial charge in [0.1, 0.15) is 11.9 Å². The Morgan fingerprint density at radius 3 is 2.38 bits per heavy atom. The van der Waals surface area contributed by atoms with Gasteiger partial charge in [0.25, 0.3) is 5.91 Å². The van der Waals surface area contributed by atoms with Crippen LogP contribution in [0, 0.1) is 11.8 Å². The van der Waals surface area contributed by atoms with Crippen molar-refractivity contribution in [2.24, 2.45) is 0 Å². The summed E-state index contributed by atoms with van der Waals surface area (Å²) in [6.45, 7) is 0.784. The smallest absolute Gasteiger partial charge is 0.326 e. The Bertz CT molecular complexity index is 1170. The van der Waals surface area contributed by atoms with E-state index in [0.717, 1.165) is 36.3 Å². The number of carboxylic acid groups (broad SMARTS) is 1. The number of rotatable bonds is 9. The van der Waals surface area contributed by atoms with Crippen LogP contribution < -0.4 is 10.6 Å². The Morgan fingerprint density at radius 2 is 1.74 bits per heavy atom. The number of amides is 1. The van der Waals surface area contributed by atoms with Crippen molar-refractivity contribution in [3.05, 3.63) is 93.6 Å². The molecule has 0 aliphatic heterocycles. The average molecular weight is 496 g/mol. The lowest BCUT2D eigenvalue weighted by Gasteiger charge is -2.16. The molecule has 3 aromatic rings. The molecular weight excluding hydrogens is 473 g/mol. The molecule has 0 aliphatic rings. The van der Waals surface area contributed by atoms with E-state index in [4.69, 9.17) is 23.2 Å². The van der Waals surface area contributed by atoms with Crippen LogP contribution in [0.1, 0.15) is 34.3 Å². The van der Waals surface area contributed by atoms with Gasteiger partial charge < -0.3 is 15.7 Å². The molecule has 0 radical (unpaired) electrons. The highest BCUT2D eigenvalue weighted by Crippen LogP contribution is 2.24. The van der Waals surface area contributed by atoms with Crippen molar-refractivity contribution in [3.63, 3.8) is 0 Å². The van der Waals surface area contributed by atoms with Gasteiger partial charge in [-0.1, -0.05) is 59.3 Å². The van der Waals surface area contributed by atoms with Crippen LogP contribution in [0.15, 0.2) is 66.9 Å². The number of unbranched alkanes of at least 4 members (excludes halogenated alkanes) is 1. The summed E-state index contributed by atoms with van der Waals surface area (Å²) in [4.78, 5) is 28.5. The van der Waals surface area contributed by atoms with Gasteiger partial charge in [0.05, 0.1) is 15.6 Å². The minimum absolute atomic E-state index is 0.0536. The number of anilines is 1. The van der Waals surface area contributed by atoms with Crippen molar-refractivity contribution in [1.82, 2.24) is 10.3 Å². The van der Waals surface area contributed by atoms with E-state index in [0.29, 0.717) is 0 Å². The predicted octanol–water partition coefficient (Wildman–Crippen LogP) is 5.06. The second-order valence-corrected chi connectivity index (χ2v) is 8.22. The quantitative estimate of drug-likeness (QED) is 0.285. The van der Waals surface area contributed by atoms with Crippen molar-refractivity contribution in [1.29, 1.82) is 0 Å². The minimum atomic E-state index is -1.15. The Morgan fingerprint density at radius 1 is 1.00 bits per heavy atom. The lowest BCUT2D eigenvalue weighted by molar-refractivity contribution is -0.139. The molecule has 0 fully saturated rings. The molecule has 1 aromatic heterocycles. The van der Waals surface area contributed by atoms with E-state index < -0.39 is 17.9 Å². The summed E-state index contributed by atoms with van der Waals surface area (Å²) < 4.78 is 0. The first-order valence-corrected chi connectivity index (χ1v) is 11.4. The lowest BCUT2D eigenvalue weighted by Crippen LogP contribution is -2.42. The van der Waals surface area contributed by atoms with Gasteiger partial charge in [-0.05, 0) is 48.4 Å². The van der Waals surface area contributed by atoms with Crippen LogP contribution in [0.25, 0.3) is 0 Å². The van der Waals surface area contributed by atoms with E-state index in [-0.39, 0.29) is 22.0 Å². The number of benzene rings is 2. The highest BCUT2D eigenvalue weighted by Gasteiger charge is 2.23. The lowest BCUT2D eigenvalue weighted by atomic mass is 10.0. The third-order valence-electron chi connectivity index (χ3n) is 4.87. The van der Waals surface area contributed by atoms with Crippen molar-refractivity contribution in [3.8, 4) is 11.8 Å². The van der Waals surface area contributed by atoms with E-state index in [1.165, 1.54) is 12.1 Å². The summed E-state index contributed by atoms with van der Waals surface area (Å²) in [5.74, 6) is 5.29. The van der Waals surface area contributed by atoms with E-state index in [1.807, 2.05) is 30.3 Å². The molecule has 0 saturated heterocycles. The molecule has 1 unspecified atom stereocenters. The molecular formula is C26H23Cl2N3O3. The van der Waals surface area contributed by atoms with Crippen LogP contribution >= 0.6 is 23.2 Å². The third kappa shape index (κ3) is 7.51. The molecule has 0 bridgehead atoms. The van der Waals surface area contributed by atoms with Gasteiger partial charge in [0.15, 0.2) is 0 Å². The molecule has 8 heteroatoms. The fourth-order valence-corrected chi connectivity index (χ4v) is 3.70. The molecule has 0 spiro atoms. The zero-order valence-electron chi connectivity index (χ0n) is 18.2. The van der Waals surface area contributed by atoms with Gasteiger partial charge in [-0.15, -0.1) is 0 Å². The zero-order chi connectivity index (χ0) is 24.3. The minimum Gasteiger partial charge on any atom is -0.480 e. The maximum Gasteiger partial charge on any atom is 0.326 e. The maximum atomic E-state index is 12.5. The summed E-state index contributed by atoms with van der Waals surface area (Å²) in [7, 11) is 0. The maximum absolute atomic E-state index is 12.5. The first kappa shape index (κ1) is 25.1. The summed E-state index contributed by atoms with van der Waals surface area (Å²) >= 11 is 12.1. The van der Waals surface area contributed by atoms with Crippen LogP contribution in [-0.2, 0) is 11.2 Å². The third-order valence-corrected chi connectivity index (χ3v) is 5.50. The van der Waals surface area contributed by atoms with Crippen LogP contribution in [0.4, 0.5) is 5.82 Å². The molecule has 2 aromatic carbocycles. The molecule has 0 saturated carbocycles. The molecule has 3 rings (SSSR count). The van der Waals surface area contributed by atoms with Crippen LogP contribution in [0.5, 0.6) is 0 Å². The number of halogens is 2. The number of carbonyl (C=O) groups excluding carboxylic acids is 1. The van der Waals surface area contributed by atoms with Gasteiger partial charge in [-0.2, -0.15) is 0 Å². The molecule has 1 amide bonds. The van der Waals surface area contributed by atoms with E-state index in [1.54, 1.807) is 24.4 Å². The Balaban J connectivity index is 1.51. The van der Waals surface area contributed by atoms with Crippen molar-refractivity contribution in [2.45, 2.75) is 25.3 Å². The van der Waals surface area contributed by atoms with Crippen LogP contribution in [0.2, 0.25) is 10.0 Å². The first-order valence-electron chi connectivity index (χ1n) is 10.6. The van der Waals surface area contributed by atoms with E-state index >= 15 is 0 Å². The topological polar surface area (TPSA) is 91.3 Å². The highest BCUT2D eigenvalue weighted by molar-refractivity contribution is 6.39. The number of nitrogens with zero attached hydrogens (tertiary/aromatic N) is 1. The Hall–Kier alpha value is -3.53. The largest absolute Gasteiger partial charge is 0.480 e.